The van der Waals surface area contributed by atoms with E-state index in [1.54, 1.807) is 99.0 Å². The SMILES string of the molecule is COc1ccc(C2C[C@H]3CCc4cc(OCCCOc5cc6c(cc5OC)C(=O)N5CC7(CC7)C[C@H]5[C@H](O)C6C(=O)OCc5ccc(CC(=O)[C@H](C)NC(=O)[C@@H](CC(=O)CNC(=O)CCC(=O)CCC(=O)N6Cc7ccccc7-c7nnn(C)c7-c7ccccc76)C(C)C)cc5)c(OC)cc4C(=O)N3C2)cc1. The lowest BCUT2D eigenvalue weighted by Crippen LogP contribution is -2.44. The summed E-state index contributed by atoms with van der Waals surface area (Å²) in [7, 11) is 6.46. The molecule has 13 rings (SSSR count). The molecule has 6 heterocycles. The van der Waals surface area contributed by atoms with Crippen molar-refractivity contribution in [2.24, 2.45) is 24.3 Å². The Morgan fingerprint density at radius 2 is 1.37 bits per heavy atom. The molecule has 560 valence electrons. The maximum atomic E-state index is 14.6. The van der Waals surface area contributed by atoms with Crippen molar-refractivity contribution in [3.8, 4) is 51.3 Å². The van der Waals surface area contributed by atoms with E-state index in [4.69, 9.17) is 28.4 Å². The molecule has 1 saturated carbocycles. The summed E-state index contributed by atoms with van der Waals surface area (Å²) < 4.78 is 37.3. The van der Waals surface area contributed by atoms with Crippen molar-refractivity contribution in [1.82, 2.24) is 35.4 Å². The number of ketones is 3. The number of para-hydroxylation sites is 1. The Kier molecular flexibility index (Phi) is 22.4. The predicted molar refractivity (Wildman–Crippen MR) is 395 cm³/mol. The van der Waals surface area contributed by atoms with Crippen LogP contribution in [0.15, 0.2) is 121 Å². The molecule has 24 heteroatoms. The Hall–Kier alpha value is -10.8. The summed E-state index contributed by atoms with van der Waals surface area (Å²) in [5.41, 5.74) is 8.88. The number of nitrogens with one attached hydrogen (secondary N) is 2. The molecule has 6 aromatic carbocycles. The fourth-order valence-corrected chi connectivity index (χ4v) is 15.9. The summed E-state index contributed by atoms with van der Waals surface area (Å²) in [5.74, 6) is -3.28. The number of hydrogen-bond acceptors (Lipinski definition) is 18. The first-order valence-electron chi connectivity index (χ1n) is 37.0. The van der Waals surface area contributed by atoms with Crippen LogP contribution in [0.5, 0.6) is 28.7 Å². The van der Waals surface area contributed by atoms with E-state index in [0.29, 0.717) is 71.9 Å². The molecule has 6 aliphatic rings. The van der Waals surface area contributed by atoms with Crippen LogP contribution in [0.4, 0.5) is 5.69 Å². The van der Waals surface area contributed by atoms with Gasteiger partial charge in [-0.15, -0.1) is 5.10 Å². The van der Waals surface area contributed by atoms with Crippen LogP contribution >= 0.6 is 0 Å². The lowest BCUT2D eigenvalue weighted by molar-refractivity contribution is -0.150. The molecule has 1 aromatic heterocycles. The Balaban J connectivity index is 0.568. The number of nitrogens with zero attached hydrogens (tertiary/aromatic N) is 6. The molecule has 0 bridgehead atoms. The minimum absolute atomic E-state index is 0.0202. The van der Waals surface area contributed by atoms with Crippen molar-refractivity contribution >= 4 is 58.5 Å². The highest BCUT2D eigenvalue weighted by Gasteiger charge is 2.58. The number of ether oxygens (including phenoxy) is 6. The number of aliphatic hydroxyl groups is 1. The van der Waals surface area contributed by atoms with Crippen molar-refractivity contribution in [3.05, 3.63) is 166 Å². The number of fused-ring (bicyclic) bond motifs is 9. The van der Waals surface area contributed by atoms with Crippen LogP contribution in [0.25, 0.3) is 22.5 Å². The number of Topliss-reactive ketones (excluding diaryl/α,β-unsaturated/α-hetero) is 3. The van der Waals surface area contributed by atoms with E-state index < -0.39 is 53.6 Å². The minimum Gasteiger partial charge on any atom is -0.497 e. The van der Waals surface area contributed by atoms with Gasteiger partial charge in [-0.1, -0.05) is 97.9 Å². The molecule has 2 unspecified atom stereocenters. The number of rotatable bonds is 29. The van der Waals surface area contributed by atoms with E-state index in [2.05, 4.69) is 33.1 Å². The van der Waals surface area contributed by atoms with Gasteiger partial charge in [0.1, 0.15) is 29.8 Å². The smallest absolute Gasteiger partial charge is 0.316 e. The number of hydrogen-bond donors (Lipinski definition) is 3. The maximum Gasteiger partial charge on any atom is 0.316 e. The Bertz CT molecular complexity index is 4570. The van der Waals surface area contributed by atoms with Crippen LogP contribution in [0.3, 0.4) is 0 Å². The zero-order valence-electron chi connectivity index (χ0n) is 61.6. The van der Waals surface area contributed by atoms with Gasteiger partial charge in [-0.2, -0.15) is 0 Å². The number of amides is 5. The second-order valence-corrected chi connectivity index (χ2v) is 29.6. The van der Waals surface area contributed by atoms with Crippen LogP contribution in [-0.2, 0) is 71.3 Å². The molecular formula is C83H92N8O16. The molecular weight excluding hydrogens is 1360 g/mol. The molecule has 7 atom stereocenters. The van der Waals surface area contributed by atoms with Crippen LogP contribution in [0.1, 0.15) is 157 Å². The Labute approximate surface area is 621 Å². The summed E-state index contributed by atoms with van der Waals surface area (Å²) in [6.07, 6.45) is 3.07. The third-order valence-electron chi connectivity index (χ3n) is 22.2. The van der Waals surface area contributed by atoms with Crippen LogP contribution in [-0.4, -0.2) is 161 Å². The van der Waals surface area contributed by atoms with Gasteiger partial charge in [-0.3, -0.25) is 43.2 Å². The molecule has 1 aliphatic carbocycles. The van der Waals surface area contributed by atoms with E-state index in [1.165, 1.54) is 12.7 Å². The quantitative estimate of drug-likeness (QED) is 0.0290. The van der Waals surface area contributed by atoms with Gasteiger partial charge >= 0.3 is 5.97 Å². The topological polar surface area (TPSA) is 294 Å². The van der Waals surface area contributed by atoms with E-state index in [1.807, 2.05) is 71.6 Å². The van der Waals surface area contributed by atoms with Crippen molar-refractivity contribution in [3.63, 3.8) is 0 Å². The molecule has 7 aromatic rings. The fourth-order valence-electron chi connectivity index (χ4n) is 15.9. The number of carbonyl (C=O) groups excluding carboxylic acids is 9. The molecule has 2 saturated heterocycles. The fraction of sp³-hybridized carbons (Fsp3) is 0.434. The lowest BCUT2D eigenvalue weighted by Gasteiger charge is -2.28. The third-order valence-corrected chi connectivity index (χ3v) is 22.2. The first kappa shape index (κ1) is 74.5. The van der Waals surface area contributed by atoms with Crippen molar-refractivity contribution in [1.29, 1.82) is 0 Å². The third kappa shape index (κ3) is 16.2. The summed E-state index contributed by atoms with van der Waals surface area (Å²) in [6, 6.07) is 35.5. The van der Waals surface area contributed by atoms with Crippen LogP contribution < -0.4 is 39.2 Å². The molecule has 3 N–H and O–H groups in total. The largest absolute Gasteiger partial charge is 0.497 e. The van der Waals surface area contributed by atoms with Gasteiger partial charge in [0.15, 0.2) is 34.6 Å². The average molecular weight is 1460 g/mol. The minimum atomic E-state index is -1.31. The standard InChI is InChI=1S/C83H92N8O16/c1-48(2)62(38-58(93)43-84-73(95)29-25-57(92)26-30-74(96)90-44-54-13-8-9-14-60(54)76-77(88(4)87-86-76)61-15-10-11-16-66(61)90)79(98)85-49(3)68(94)35-50-17-19-51(20-18-50)46-107-82(101)75-64-40-72(70(104-7)41-65(64)81(100)91-47-83(31-32-83)42-67(91)78(75)97)106-34-12-33-105-71-37-53-21-24-56-36-55(52-22-27-59(102-5)28-23-52)45-89(56)80(99)63(53)39-69(71)103-6/h8-11,13-20,22-23,27-28,37,39-41,48-49,55-56,62,67,75,78,97H,12,21,24-26,29-36,38,42-47H2,1-7H3,(H,84,95)(H,85,98)/t49-,55?,56+,62-,67-,75?,78-/m0/s1. The summed E-state index contributed by atoms with van der Waals surface area (Å²) in [5, 5.41) is 26.4. The van der Waals surface area contributed by atoms with Gasteiger partial charge in [0.2, 0.25) is 17.7 Å². The molecule has 24 nitrogen and oxygen atoms in total. The molecule has 107 heavy (non-hydrogen) atoms. The molecule has 3 fully saturated rings. The zero-order chi connectivity index (χ0) is 75.4. The number of aromatic nitrogens is 3. The van der Waals surface area contributed by atoms with Gasteiger partial charge < -0.3 is 58.9 Å². The van der Waals surface area contributed by atoms with Gasteiger partial charge in [-0.25, -0.2) is 4.68 Å². The van der Waals surface area contributed by atoms with E-state index in [-0.39, 0.29) is 147 Å². The highest BCUT2D eigenvalue weighted by atomic mass is 16.5. The predicted octanol–water partition coefficient (Wildman–Crippen LogP) is 9.80. The van der Waals surface area contributed by atoms with Gasteiger partial charge in [-0.05, 0) is 133 Å². The first-order chi connectivity index (χ1) is 51.6. The van der Waals surface area contributed by atoms with E-state index in [0.717, 1.165) is 59.4 Å². The summed E-state index contributed by atoms with van der Waals surface area (Å²) in [6.45, 7) is 6.28. The molecule has 5 aliphatic heterocycles. The van der Waals surface area contributed by atoms with Gasteiger partial charge in [0.25, 0.3) is 11.8 Å². The Morgan fingerprint density at radius 3 is 2.08 bits per heavy atom. The lowest BCUT2D eigenvalue weighted by atomic mass is 9.85. The highest BCUT2D eigenvalue weighted by molar-refractivity contribution is 6.03. The summed E-state index contributed by atoms with van der Waals surface area (Å²) in [4.78, 5) is 129. The van der Waals surface area contributed by atoms with Gasteiger partial charge in [0, 0.05) is 105 Å². The average Bonchev–Trinajstić information content (AvgIpc) is 1.57. The van der Waals surface area contributed by atoms with Crippen molar-refractivity contribution < 1.29 is 76.7 Å². The summed E-state index contributed by atoms with van der Waals surface area (Å²) >= 11 is 0. The first-order valence-corrected chi connectivity index (χ1v) is 37.0. The normalized spacial score (nSPS) is 19.1. The highest BCUT2D eigenvalue weighted by Crippen LogP contribution is 2.57. The van der Waals surface area contributed by atoms with Crippen molar-refractivity contribution in [2.45, 2.75) is 153 Å². The van der Waals surface area contributed by atoms with Gasteiger partial charge in [0.05, 0.1) is 77.2 Å². The zero-order valence-corrected chi connectivity index (χ0v) is 61.6. The number of carbonyl (C=O) groups is 9. The number of anilines is 1. The second-order valence-electron chi connectivity index (χ2n) is 29.6. The number of benzene rings is 6. The number of methoxy groups -OCH3 is 3. The number of aryl methyl sites for hydroxylation is 2. The monoisotopic (exact) mass is 1460 g/mol. The van der Waals surface area contributed by atoms with Crippen LogP contribution in [0, 0.1) is 17.3 Å². The molecule has 5 amide bonds. The number of aliphatic hydroxyl groups excluding tert-OH is 1. The van der Waals surface area contributed by atoms with E-state index >= 15 is 0 Å². The van der Waals surface area contributed by atoms with Crippen molar-refractivity contribution in [2.75, 3.05) is 59.1 Å². The maximum absolute atomic E-state index is 14.6. The second kappa shape index (κ2) is 32.1. The van der Waals surface area contributed by atoms with Crippen LogP contribution in [0.2, 0.25) is 0 Å². The number of esters is 1. The Morgan fingerprint density at radius 1 is 0.701 bits per heavy atom. The molecule has 1 spiro atoms. The van der Waals surface area contributed by atoms with E-state index in [9.17, 15) is 48.3 Å². The molecule has 0 radical (unpaired) electrons.